The zero-order chi connectivity index (χ0) is 17.6. The van der Waals surface area contributed by atoms with Crippen LogP contribution in [0.15, 0.2) is 65.8 Å². The van der Waals surface area contributed by atoms with Crippen molar-refractivity contribution >= 4 is 27.6 Å². The topological polar surface area (TPSA) is 84.6 Å². The van der Waals surface area contributed by atoms with Crippen molar-refractivity contribution in [2.24, 2.45) is 0 Å². The van der Waals surface area contributed by atoms with Crippen LogP contribution < -0.4 is 4.84 Å². The molecule has 0 radical (unpaired) electrons. The highest BCUT2D eigenvalue weighted by molar-refractivity contribution is 8.76. The number of hydrogen-bond acceptors (Lipinski definition) is 7. The van der Waals surface area contributed by atoms with Crippen LogP contribution in [0.4, 0.5) is 0 Å². The van der Waals surface area contributed by atoms with Crippen LogP contribution in [0.5, 0.6) is 11.8 Å². The lowest BCUT2D eigenvalue weighted by molar-refractivity contribution is 0.0382. The molecule has 0 aliphatic carbocycles. The molecule has 6 nitrogen and oxygen atoms in total. The van der Waals surface area contributed by atoms with Gasteiger partial charge in [-0.05, 0) is 40.6 Å². The van der Waals surface area contributed by atoms with E-state index in [1.807, 2.05) is 30.3 Å². The second-order valence-corrected chi connectivity index (χ2v) is 7.25. The van der Waals surface area contributed by atoms with Gasteiger partial charge in [0, 0.05) is 24.1 Å². The Morgan fingerprint density at radius 1 is 1.04 bits per heavy atom. The minimum Gasteiger partial charge on any atom is -0.492 e. The predicted octanol–water partition coefficient (Wildman–Crippen LogP) is 3.50. The Balaban J connectivity index is 1.55. The van der Waals surface area contributed by atoms with Gasteiger partial charge in [-0.15, -0.1) is 4.73 Å². The van der Waals surface area contributed by atoms with Crippen molar-refractivity contribution in [3.8, 4) is 11.8 Å². The molecule has 0 saturated carbocycles. The fourth-order valence-corrected chi connectivity index (χ4v) is 3.91. The Bertz CT molecular complexity index is 831. The molecule has 2 heterocycles. The lowest BCUT2D eigenvalue weighted by Gasteiger charge is -2.07. The summed E-state index contributed by atoms with van der Waals surface area (Å²) in [6.45, 7) is 0. The molecule has 0 aliphatic heterocycles. The fourth-order valence-electron chi connectivity index (χ4n) is 1.92. The SMILES string of the molecule is O=C(On1c(O)ccc1O)c1ccc(CSSc2ccccn2)cc1. The predicted molar refractivity (Wildman–Crippen MR) is 96.5 cm³/mol. The molecule has 0 atom stereocenters. The van der Waals surface area contributed by atoms with Crippen molar-refractivity contribution in [1.29, 1.82) is 0 Å². The minimum absolute atomic E-state index is 0.318. The molecule has 2 aromatic heterocycles. The first-order valence-electron chi connectivity index (χ1n) is 7.25. The number of benzene rings is 1. The Hall–Kier alpha value is -2.58. The molecule has 0 spiro atoms. The highest BCUT2D eigenvalue weighted by Crippen LogP contribution is 2.32. The molecular formula is C17H14N2O4S2. The molecule has 0 unspecified atom stereocenters. The van der Waals surface area contributed by atoms with Crippen molar-refractivity contribution in [3.05, 3.63) is 71.9 Å². The second kappa shape index (κ2) is 8.00. The summed E-state index contributed by atoms with van der Waals surface area (Å²) in [6, 6.07) is 15.2. The summed E-state index contributed by atoms with van der Waals surface area (Å²) >= 11 is 0. The number of carbonyl (C=O) groups is 1. The van der Waals surface area contributed by atoms with Crippen LogP contribution in [0.1, 0.15) is 15.9 Å². The average Bonchev–Trinajstić information content (AvgIpc) is 2.95. The van der Waals surface area contributed by atoms with E-state index in [0.717, 1.165) is 16.3 Å². The number of aromatic hydroxyl groups is 2. The average molecular weight is 374 g/mol. The molecule has 3 aromatic rings. The van der Waals surface area contributed by atoms with E-state index in [1.165, 1.54) is 12.1 Å². The zero-order valence-electron chi connectivity index (χ0n) is 12.9. The molecule has 25 heavy (non-hydrogen) atoms. The fraction of sp³-hybridized carbons (Fsp3) is 0.0588. The van der Waals surface area contributed by atoms with Gasteiger partial charge >= 0.3 is 5.97 Å². The van der Waals surface area contributed by atoms with Gasteiger partial charge < -0.3 is 15.1 Å². The zero-order valence-corrected chi connectivity index (χ0v) is 14.5. The molecule has 0 aliphatic rings. The number of rotatable bonds is 6. The van der Waals surface area contributed by atoms with Gasteiger partial charge in [0.25, 0.3) is 0 Å². The molecule has 0 amide bonds. The molecule has 1 aromatic carbocycles. The maximum absolute atomic E-state index is 12.0. The van der Waals surface area contributed by atoms with Crippen molar-refractivity contribution in [2.45, 2.75) is 10.8 Å². The lowest BCUT2D eigenvalue weighted by Crippen LogP contribution is -2.19. The van der Waals surface area contributed by atoms with E-state index in [4.69, 9.17) is 4.84 Å². The van der Waals surface area contributed by atoms with Gasteiger partial charge in [0.15, 0.2) is 0 Å². The van der Waals surface area contributed by atoms with E-state index in [2.05, 4.69) is 4.98 Å². The van der Waals surface area contributed by atoms with Crippen LogP contribution in [0.25, 0.3) is 0 Å². The number of pyridine rings is 1. The van der Waals surface area contributed by atoms with Crippen LogP contribution in [-0.4, -0.2) is 25.9 Å². The van der Waals surface area contributed by atoms with Crippen molar-refractivity contribution in [2.75, 3.05) is 0 Å². The summed E-state index contributed by atoms with van der Waals surface area (Å²) in [5, 5.41) is 19.9. The second-order valence-electron chi connectivity index (χ2n) is 4.93. The third-order valence-electron chi connectivity index (χ3n) is 3.17. The van der Waals surface area contributed by atoms with Crippen LogP contribution in [0, 0.1) is 0 Å². The van der Waals surface area contributed by atoms with Gasteiger partial charge in [0.05, 0.1) is 5.56 Å². The Morgan fingerprint density at radius 3 is 2.40 bits per heavy atom. The number of aromatic nitrogens is 2. The van der Waals surface area contributed by atoms with Gasteiger partial charge in [0.2, 0.25) is 11.8 Å². The first kappa shape index (κ1) is 17.2. The molecule has 2 N–H and O–H groups in total. The normalized spacial score (nSPS) is 10.6. The summed E-state index contributed by atoms with van der Waals surface area (Å²) in [4.78, 5) is 21.2. The van der Waals surface area contributed by atoms with Crippen molar-refractivity contribution in [3.63, 3.8) is 0 Å². The number of nitrogens with zero attached hydrogens (tertiary/aromatic N) is 2. The molecular weight excluding hydrogens is 360 g/mol. The van der Waals surface area contributed by atoms with Crippen LogP contribution in [0.2, 0.25) is 0 Å². The lowest BCUT2D eigenvalue weighted by atomic mass is 10.1. The van der Waals surface area contributed by atoms with Gasteiger partial charge in [-0.3, -0.25) is 0 Å². The Kier molecular flexibility index (Phi) is 5.52. The first-order valence-corrected chi connectivity index (χ1v) is 9.57. The smallest absolute Gasteiger partial charge is 0.363 e. The van der Waals surface area contributed by atoms with Crippen molar-refractivity contribution < 1.29 is 19.8 Å². The third-order valence-corrected chi connectivity index (χ3v) is 5.37. The monoisotopic (exact) mass is 374 g/mol. The maximum Gasteiger partial charge on any atom is 0.363 e. The van der Waals surface area contributed by atoms with Crippen LogP contribution in [-0.2, 0) is 5.75 Å². The molecule has 0 fully saturated rings. The van der Waals surface area contributed by atoms with Crippen LogP contribution in [0.3, 0.4) is 0 Å². The van der Waals surface area contributed by atoms with E-state index in [9.17, 15) is 15.0 Å². The standard InChI is InChI=1S/C17H14N2O4S2/c20-15-8-9-16(21)19(15)23-17(22)13-6-4-12(5-7-13)11-24-25-14-3-1-2-10-18-14/h1-10,20-21H,11H2. The van der Waals surface area contributed by atoms with Gasteiger partial charge in [-0.2, -0.15) is 0 Å². The molecule has 3 rings (SSSR count). The summed E-state index contributed by atoms with van der Waals surface area (Å²) in [7, 11) is 3.24. The van der Waals surface area contributed by atoms with Gasteiger partial charge in [-0.25, -0.2) is 9.78 Å². The summed E-state index contributed by atoms with van der Waals surface area (Å²) in [5.41, 5.74) is 1.37. The quantitative estimate of drug-likeness (QED) is 0.639. The van der Waals surface area contributed by atoms with Gasteiger partial charge in [-0.1, -0.05) is 29.0 Å². The largest absolute Gasteiger partial charge is 0.492 e. The minimum atomic E-state index is -0.677. The van der Waals surface area contributed by atoms with E-state index < -0.39 is 5.97 Å². The van der Waals surface area contributed by atoms with E-state index >= 15 is 0 Å². The summed E-state index contributed by atoms with van der Waals surface area (Å²) in [5.74, 6) is -0.630. The van der Waals surface area contributed by atoms with Gasteiger partial charge in [0.1, 0.15) is 5.03 Å². The van der Waals surface area contributed by atoms with Crippen molar-refractivity contribution in [1.82, 2.24) is 9.71 Å². The Morgan fingerprint density at radius 2 is 1.76 bits per heavy atom. The highest BCUT2D eigenvalue weighted by Gasteiger charge is 2.14. The van der Waals surface area contributed by atoms with E-state index in [-0.39, 0.29) is 11.8 Å². The first-order chi connectivity index (χ1) is 12.1. The summed E-state index contributed by atoms with van der Waals surface area (Å²) in [6.07, 6.45) is 1.75. The maximum atomic E-state index is 12.0. The number of carbonyl (C=O) groups excluding carboxylic acids is 1. The molecule has 0 bridgehead atoms. The molecule has 128 valence electrons. The van der Waals surface area contributed by atoms with E-state index in [1.54, 1.807) is 39.9 Å². The molecule has 8 heteroatoms. The Labute approximate surface area is 151 Å². The van der Waals surface area contributed by atoms with Crippen LogP contribution >= 0.6 is 21.6 Å². The summed E-state index contributed by atoms with van der Waals surface area (Å²) < 4.78 is 0.662. The number of hydrogen-bond donors (Lipinski definition) is 2. The third kappa shape index (κ3) is 4.49. The molecule has 0 saturated heterocycles. The van der Waals surface area contributed by atoms with E-state index in [0.29, 0.717) is 10.3 Å². The highest BCUT2D eigenvalue weighted by atomic mass is 33.1.